The van der Waals surface area contributed by atoms with Gasteiger partial charge in [0.1, 0.15) is 0 Å². The Morgan fingerprint density at radius 2 is 2.12 bits per heavy atom. The summed E-state index contributed by atoms with van der Waals surface area (Å²) in [5.41, 5.74) is 0. The highest BCUT2D eigenvalue weighted by Gasteiger charge is 2.27. The van der Waals surface area contributed by atoms with Crippen molar-refractivity contribution in [1.82, 2.24) is 5.32 Å². The average molecular weight is 229 g/mol. The molecule has 1 fully saturated rings. The maximum atomic E-state index is 11.3. The fourth-order valence-corrected chi connectivity index (χ4v) is 2.10. The summed E-state index contributed by atoms with van der Waals surface area (Å²) >= 11 is 0. The molecule has 1 aliphatic carbocycles. The van der Waals surface area contributed by atoms with Gasteiger partial charge in [0, 0.05) is 26.0 Å². The second-order valence-corrected chi connectivity index (χ2v) is 4.16. The number of methoxy groups -OCH3 is 1. The van der Waals surface area contributed by atoms with E-state index in [2.05, 4.69) is 5.32 Å². The summed E-state index contributed by atoms with van der Waals surface area (Å²) < 4.78 is 5.31. The monoisotopic (exact) mass is 229 g/mol. The largest absolute Gasteiger partial charge is 0.481 e. The molecular formula is C11H19NO4. The summed E-state index contributed by atoms with van der Waals surface area (Å²) in [7, 11) is 1.69. The van der Waals surface area contributed by atoms with Gasteiger partial charge in [-0.05, 0) is 12.8 Å². The van der Waals surface area contributed by atoms with Crippen molar-refractivity contribution in [3.05, 3.63) is 0 Å². The molecule has 0 heterocycles. The van der Waals surface area contributed by atoms with Crippen molar-refractivity contribution < 1.29 is 19.4 Å². The number of ether oxygens (including phenoxy) is 1. The van der Waals surface area contributed by atoms with Gasteiger partial charge in [-0.2, -0.15) is 0 Å². The number of carboxylic acids is 1. The lowest BCUT2D eigenvalue weighted by atomic mass is 10.1. The van der Waals surface area contributed by atoms with Crippen LogP contribution >= 0.6 is 0 Å². The quantitative estimate of drug-likeness (QED) is 0.705. The van der Waals surface area contributed by atoms with Crippen LogP contribution in [0.2, 0.25) is 0 Å². The molecule has 0 spiro atoms. The SMILES string of the molecule is COC1CCCC1CNC(=O)CCC(=O)O. The zero-order chi connectivity index (χ0) is 12.0. The van der Waals surface area contributed by atoms with Crippen LogP contribution in [-0.4, -0.2) is 36.7 Å². The molecule has 0 saturated heterocycles. The molecule has 5 heteroatoms. The summed E-state index contributed by atoms with van der Waals surface area (Å²) in [6.07, 6.45) is 3.43. The van der Waals surface area contributed by atoms with Crippen molar-refractivity contribution in [2.24, 2.45) is 5.92 Å². The van der Waals surface area contributed by atoms with Gasteiger partial charge in [0.05, 0.1) is 12.5 Å². The van der Waals surface area contributed by atoms with Gasteiger partial charge in [-0.15, -0.1) is 0 Å². The van der Waals surface area contributed by atoms with Crippen LogP contribution in [-0.2, 0) is 14.3 Å². The zero-order valence-electron chi connectivity index (χ0n) is 9.57. The fourth-order valence-electron chi connectivity index (χ4n) is 2.10. The molecule has 2 atom stereocenters. The van der Waals surface area contributed by atoms with Crippen molar-refractivity contribution in [3.8, 4) is 0 Å². The van der Waals surface area contributed by atoms with Crippen molar-refractivity contribution >= 4 is 11.9 Å². The summed E-state index contributed by atoms with van der Waals surface area (Å²) in [5.74, 6) is -0.756. The summed E-state index contributed by atoms with van der Waals surface area (Å²) in [5, 5.41) is 11.2. The molecule has 0 aromatic heterocycles. The zero-order valence-corrected chi connectivity index (χ0v) is 9.57. The van der Waals surface area contributed by atoms with Gasteiger partial charge in [0.15, 0.2) is 0 Å². The van der Waals surface area contributed by atoms with E-state index >= 15 is 0 Å². The Kier molecular flexibility index (Phi) is 5.25. The Labute approximate surface area is 95.2 Å². The highest BCUT2D eigenvalue weighted by molar-refractivity contribution is 5.80. The van der Waals surface area contributed by atoms with Crippen LogP contribution in [0.5, 0.6) is 0 Å². The number of hydrogen-bond acceptors (Lipinski definition) is 3. The van der Waals surface area contributed by atoms with E-state index < -0.39 is 5.97 Å². The Morgan fingerprint density at radius 1 is 1.38 bits per heavy atom. The van der Waals surface area contributed by atoms with E-state index in [9.17, 15) is 9.59 Å². The second kappa shape index (κ2) is 6.48. The highest BCUT2D eigenvalue weighted by Crippen LogP contribution is 2.27. The van der Waals surface area contributed by atoms with Gasteiger partial charge >= 0.3 is 5.97 Å². The molecule has 16 heavy (non-hydrogen) atoms. The fraction of sp³-hybridized carbons (Fsp3) is 0.818. The van der Waals surface area contributed by atoms with Gasteiger partial charge in [0.25, 0.3) is 0 Å². The Morgan fingerprint density at radius 3 is 2.75 bits per heavy atom. The third-order valence-electron chi connectivity index (χ3n) is 3.02. The van der Waals surface area contributed by atoms with E-state index in [1.165, 1.54) is 0 Å². The standard InChI is InChI=1S/C11H19NO4/c1-16-9-4-2-3-8(9)7-12-10(13)5-6-11(14)15/h8-9H,2-7H2,1H3,(H,12,13)(H,14,15). The lowest BCUT2D eigenvalue weighted by Crippen LogP contribution is -2.33. The van der Waals surface area contributed by atoms with E-state index in [1.807, 2.05) is 0 Å². The van der Waals surface area contributed by atoms with Crippen molar-refractivity contribution in [3.63, 3.8) is 0 Å². The summed E-state index contributed by atoms with van der Waals surface area (Å²) in [4.78, 5) is 21.5. The third-order valence-corrected chi connectivity index (χ3v) is 3.02. The first kappa shape index (κ1) is 13.0. The topological polar surface area (TPSA) is 75.6 Å². The van der Waals surface area contributed by atoms with Gasteiger partial charge in [-0.1, -0.05) is 6.42 Å². The van der Waals surface area contributed by atoms with Crippen LogP contribution in [0.3, 0.4) is 0 Å². The van der Waals surface area contributed by atoms with E-state index in [1.54, 1.807) is 7.11 Å². The van der Waals surface area contributed by atoms with Crippen LogP contribution in [0, 0.1) is 5.92 Å². The number of carboxylic acid groups (broad SMARTS) is 1. The number of hydrogen-bond donors (Lipinski definition) is 2. The molecule has 92 valence electrons. The maximum absolute atomic E-state index is 11.3. The molecule has 1 rings (SSSR count). The number of aliphatic carboxylic acids is 1. The van der Waals surface area contributed by atoms with Crippen LogP contribution in [0.15, 0.2) is 0 Å². The lowest BCUT2D eigenvalue weighted by Gasteiger charge is -2.18. The number of carbonyl (C=O) groups is 2. The van der Waals surface area contributed by atoms with Gasteiger partial charge in [-0.3, -0.25) is 9.59 Å². The Balaban J connectivity index is 2.18. The van der Waals surface area contributed by atoms with E-state index in [-0.39, 0.29) is 24.9 Å². The van der Waals surface area contributed by atoms with E-state index in [0.29, 0.717) is 12.5 Å². The van der Waals surface area contributed by atoms with Gasteiger partial charge in [-0.25, -0.2) is 0 Å². The number of carbonyl (C=O) groups excluding carboxylic acids is 1. The average Bonchev–Trinajstić information content (AvgIpc) is 2.70. The molecule has 0 aliphatic heterocycles. The number of amides is 1. The number of rotatable bonds is 6. The molecule has 0 aromatic rings. The van der Waals surface area contributed by atoms with Crippen LogP contribution < -0.4 is 5.32 Å². The summed E-state index contributed by atoms with van der Waals surface area (Å²) in [6, 6.07) is 0. The molecule has 1 saturated carbocycles. The predicted octanol–water partition coefficient (Wildman–Crippen LogP) is 0.782. The van der Waals surface area contributed by atoms with Crippen molar-refractivity contribution in [1.29, 1.82) is 0 Å². The second-order valence-electron chi connectivity index (χ2n) is 4.16. The normalized spacial score (nSPS) is 24.3. The van der Waals surface area contributed by atoms with Crippen LogP contribution in [0.4, 0.5) is 0 Å². The number of nitrogens with one attached hydrogen (secondary N) is 1. The molecule has 0 radical (unpaired) electrons. The Bertz CT molecular complexity index is 254. The first-order chi connectivity index (χ1) is 7.63. The minimum atomic E-state index is -0.939. The molecule has 1 aliphatic rings. The molecule has 2 unspecified atom stereocenters. The van der Waals surface area contributed by atoms with Crippen molar-refractivity contribution in [2.45, 2.75) is 38.2 Å². The molecular weight excluding hydrogens is 210 g/mol. The Hall–Kier alpha value is -1.10. The molecule has 0 aromatic carbocycles. The van der Waals surface area contributed by atoms with E-state index in [0.717, 1.165) is 19.3 Å². The minimum Gasteiger partial charge on any atom is -0.481 e. The molecule has 0 bridgehead atoms. The minimum absolute atomic E-state index is 0.0553. The lowest BCUT2D eigenvalue weighted by molar-refractivity contribution is -0.138. The van der Waals surface area contributed by atoms with Crippen LogP contribution in [0.25, 0.3) is 0 Å². The van der Waals surface area contributed by atoms with E-state index in [4.69, 9.17) is 9.84 Å². The third kappa shape index (κ3) is 4.18. The molecule has 1 amide bonds. The van der Waals surface area contributed by atoms with Gasteiger partial charge in [0.2, 0.25) is 5.91 Å². The molecule has 2 N–H and O–H groups in total. The first-order valence-corrected chi connectivity index (χ1v) is 5.64. The predicted molar refractivity (Wildman–Crippen MR) is 58.0 cm³/mol. The first-order valence-electron chi connectivity index (χ1n) is 5.64. The summed E-state index contributed by atoms with van der Waals surface area (Å²) in [6.45, 7) is 0.594. The van der Waals surface area contributed by atoms with Crippen LogP contribution in [0.1, 0.15) is 32.1 Å². The van der Waals surface area contributed by atoms with Crippen molar-refractivity contribution in [2.75, 3.05) is 13.7 Å². The highest BCUT2D eigenvalue weighted by atomic mass is 16.5. The smallest absolute Gasteiger partial charge is 0.303 e. The van der Waals surface area contributed by atoms with Gasteiger partial charge < -0.3 is 15.2 Å². The molecule has 5 nitrogen and oxygen atoms in total. The maximum Gasteiger partial charge on any atom is 0.303 e.